The maximum Gasteiger partial charge on any atom is 0.220 e. The van der Waals surface area contributed by atoms with Crippen molar-refractivity contribution in [1.29, 1.82) is 0 Å². The van der Waals surface area contributed by atoms with Crippen molar-refractivity contribution in [2.24, 2.45) is 0 Å². The molecule has 1 atom stereocenters. The number of carbonyl (C=O) groups is 1. The summed E-state index contributed by atoms with van der Waals surface area (Å²) in [6.07, 6.45) is 1.57. The molecule has 1 heterocycles. The molecule has 4 heteroatoms. The van der Waals surface area contributed by atoms with Crippen LogP contribution in [0.25, 0.3) is 0 Å². The second-order valence-corrected chi connectivity index (χ2v) is 5.50. The average Bonchev–Trinajstić information content (AvgIpc) is 2.80. The molecular weight excluding hydrogens is 304 g/mol. The van der Waals surface area contributed by atoms with Crippen LogP contribution in [0.4, 0.5) is 0 Å². The molecule has 1 aliphatic rings. The lowest BCUT2D eigenvalue weighted by Crippen LogP contribution is -2.35. The first-order valence-electron chi connectivity index (χ1n) is 6.41. The molecule has 1 fully saturated rings. The first kappa shape index (κ1) is 14.1. The maximum absolute atomic E-state index is 11.0. The number of halogens is 1. The molecule has 1 aromatic carbocycles. The smallest absolute Gasteiger partial charge is 0.220 e. The molecular formula is C15H17BrN2O. The fourth-order valence-electron chi connectivity index (χ4n) is 2.02. The standard InChI is InChI=1S/C15H17BrN2O/c1-11-12(4-2-6-14(11)16)5-3-9-17-10-13-7-8-15(19)18-13/h2,4,6,13,17H,7-10H2,1H3,(H,18,19). The van der Waals surface area contributed by atoms with Gasteiger partial charge in [-0.1, -0.05) is 33.8 Å². The van der Waals surface area contributed by atoms with Gasteiger partial charge in [-0.25, -0.2) is 0 Å². The lowest BCUT2D eigenvalue weighted by Gasteiger charge is -2.08. The zero-order chi connectivity index (χ0) is 13.7. The summed E-state index contributed by atoms with van der Waals surface area (Å²) >= 11 is 3.50. The Balaban J connectivity index is 1.78. The van der Waals surface area contributed by atoms with Crippen LogP contribution in [-0.2, 0) is 4.79 Å². The maximum atomic E-state index is 11.0. The normalized spacial score (nSPS) is 17.8. The van der Waals surface area contributed by atoms with Crippen LogP contribution in [0.3, 0.4) is 0 Å². The summed E-state index contributed by atoms with van der Waals surface area (Å²) < 4.78 is 1.08. The number of amides is 1. The van der Waals surface area contributed by atoms with Crippen molar-refractivity contribution in [2.45, 2.75) is 25.8 Å². The summed E-state index contributed by atoms with van der Waals surface area (Å²) in [4.78, 5) is 11.0. The van der Waals surface area contributed by atoms with Gasteiger partial charge in [0, 0.05) is 29.0 Å². The SMILES string of the molecule is Cc1c(Br)cccc1C#CCNCC1CCC(=O)N1. The van der Waals surface area contributed by atoms with Gasteiger partial charge < -0.3 is 10.6 Å². The Morgan fingerprint density at radius 2 is 2.37 bits per heavy atom. The molecule has 19 heavy (non-hydrogen) atoms. The van der Waals surface area contributed by atoms with E-state index in [9.17, 15) is 4.79 Å². The van der Waals surface area contributed by atoms with Gasteiger partial charge in [0.25, 0.3) is 0 Å². The molecule has 0 aromatic heterocycles. The zero-order valence-corrected chi connectivity index (χ0v) is 12.5. The van der Waals surface area contributed by atoms with Crippen LogP contribution in [0.1, 0.15) is 24.0 Å². The Bertz CT molecular complexity index is 531. The molecule has 1 saturated heterocycles. The molecule has 0 radical (unpaired) electrons. The van der Waals surface area contributed by atoms with Gasteiger partial charge in [-0.2, -0.15) is 0 Å². The minimum atomic E-state index is 0.155. The third-order valence-corrected chi connectivity index (χ3v) is 4.04. The summed E-state index contributed by atoms with van der Waals surface area (Å²) in [6.45, 7) is 3.48. The highest BCUT2D eigenvalue weighted by molar-refractivity contribution is 9.10. The predicted octanol–water partition coefficient (Wildman–Crippen LogP) is 1.98. The molecule has 1 aromatic rings. The van der Waals surface area contributed by atoms with Gasteiger partial charge in [0.15, 0.2) is 0 Å². The average molecular weight is 321 g/mol. The van der Waals surface area contributed by atoms with E-state index in [1.54, 1.807) is 0 Å². The number of hydrogen-bond donors (Lipinski definition) is 2. The van der Waals surface area contributed by atoms with Gasteiger partial charge in [-0.05, 0) is 31.0 Å². The molecule has 2 rings (SSSR count). The summed E-state index contributed by atoms with van der Waals surface area (Å²) in [6, 6.07) is 6.29. The van der Waals surface area contributed by atoms with E-state index in [2.05, 4.69) is 45.3 Å². The third-order valence-electron chi connectivity index (χ3n) is 3.18. The van der Waals surface area contributed by atoms with E-state index in [0.717, 1.165) is 28.6 Å². The van der Waals surface area contributed by atoms with Gasteiger partial charge >= 0.3 is 0 Å². The van der Waals surface area contributed by atoms with Crippen molar-refractivity contribution in [3.63, 3.8) is 0 Å². The van der Waals surface area contributed by atoms with Gasteiger partial charge in [0.1, 0.15) is 0 Å². The van der Waals surface area contributed by atoms with E-state index in [1.165, 1.54) is 0 Å². The molecule has 0 bridgehead atoms. The summed E-state index contributed by atoms with van der Waals surface area (Å²) in [5, 5.41) is 6.18. The van der Waals surface area contributed by atoms with Crippen LogP contribution < -0.4 is 10.6 Å². The Kier molecular flexibility index (Phi) is 5.00. The van der Waals surface area contributed by atoms with Gasteiger partial charge in [0.05, 0.1) is 6.54 Å². The Morgan fingerprint density at radius 1 is 1.53 bits per heavy atom. The van der Waals surface area contributed by atoms with Crippen molar-refractivity contribution in [3.8, 4) is 11.8 Å². The molecule has 2 N–H and O–H groups in total. The van der Waals surface area contributed by atoms with Crippen LogP contribution in [-0.4, -0.2) is 25.0 Å². The van der Waals surface area contributed by atoms with E-state index >= 15 is 0 Å². The van der Waals surface area contributed by atoms with Crippen LogP contribution in [0.5, 0.6) is 0 Å². The molecule has 0 aliphatic carbocycles. The van der Waals surface area contributed by atoms with Crippen LogP contribution in [0.15, 0.2) is 22.7 Å². The lowest BCUT2D eigenvalue weighted by atomic mass is 10.1. The summed E-state index contributed by atoms with van der Waals surface area (Å²) in [7, 11) is 0. The minimum Gasteiger partial charge on any atom is -0.352 e. The monoisotopic (exact) mass is 320 g/mol. The van der Waals surface area contributed by atoms with Gasteiger partial charge in [-0.15, -0.1) is 0 Å². The van der Waals surface area contributed by atoms with Gasteiger partial charge in [-0.3, -0.25) is 4.79 Å². The molecule has 1 aliphatic heterocycles. The van der Waals surface area contributed by atoms with Crippen molar-refractivity contribution in [2.75, 3.05) is 13.1 Å². The Labute approximate surface area is 122 Å². The zero-order valence-electron chi connectivity index (χ0n) is 10.9. The number of nitrogens with one attached hydrogen (secondary N) is 2. The van der Waals surface area contributed by atoms with E-state index in [0.29, 0.717) is 13.0 Å². The fraction of sp³-hybridized carbons (Fsp3) is 0.400. The predicted molar refractivity (Wildman–Crippen MR) is 79.8 cm³/mol. The lowest BCUT2D eigenvalue weighted by molar-refractivity contribution is -0.119. The van der Waals surface area contributed by atoms with Crippen molar-refractivity contribution < 1.29 is 4.79 Å². The molecule has 3 nitrogen and oxygen atoms in total. The molecule has 1 unspecified atom stereocenters. The van der Waals surface area contributed by atoms with Crippen molar-refractivity contribution in [1.82, 2.24) is 10.6 Å². The Hall–Kier alpha value is -1.31. The second-order valence-electron chi connectivity index (χ2n) is 4.65. The van der Waals surface area contributed by atoms with Crippen molar-refractivity contribution >= 4 is 21.8 Å². The first-order valence-corrected chi connectivity index (χ1v) is 7.20. The Morgan fingerprint density at radius 3 is 3.11 bits per heavy atom. The van der Waals surface area contributed by atoms with E-state index in [-0.39, 0.29) is 11.9 Å². The van der Waals surface area contributed by atoms with E-state index < -0.39 is 0 Å². The molecule has 100 valence electrons. The van der Waals surface area contributed by atoms with Gasteiger partial charge in [0.2, 0.25) is 5.91 Å². The van der Waals surface area contributed by atoms with Crippen LogP contribution >= 0.6 is 15.9 Å². The molecule has 1 amide bonds. The topological polar surface area (TPSA) is 41.1 Å². The quantitative estimate of drug-likeness (QED) is 0.660. The highest BCUT2D eigenvalue weighted by Gasteiger charge is 2.19. The van der Waals surface area contributed by atoms with Crippen LogP contribution in [0, 0.1) is 18.8 Å². The largest absolute Gasteiger partial charge is 0.352 e. The second kappa shape index (κ2) is 6.74. The number of carbonyl (C=O) groups excluding carboxylic acids is 1. The number of rotatable bonds is 3. The number of benzene rings is 1. The third kappa shape index (κ3) is 4.09. The minimum absolute atomic E-state index is 0.155. The summed E-state index contributed by atoms with van der Waals surface area (Å²) in [5.41, 5.74) is 2.21. The first-order chi connectivity index (χ1) is 9.16. The molecule has 0 saturated carbocycles. The molecule has 0 spiro atoms. The van der Waals surface area contributed by atoms with E-state index in [4.69, 9.17) is 0 Å². The van der Waals surface area contributed by atoms with Crippen molar-refractivity contribution in [3.05, 3.63) is 33.8 Å². The highest BCUT2D eigenvalue weighted by atomic mass is 79.9. The number of hydrogen-bond acceptors (Lipinski definition) is 2. The fourth-order valence-corrected chi connectivity index (χ4v) is 2.39. The highest BCUT2D eigenvalue weighted by Crippen LogP contribution is 2.18. The summed E-state index contributed by atoms with van der Waals surface area (Å²) in [5.74, 6) is 6.42. The van der Waals surface area contributed by atoms with Crippen LogP contribution in [0.2, 0.25) is 0 Å². The van der Waals surface area contributed by atoms with E-state index in [1.807, 2.05) is 18.2 Å².